The van der Waals surface area contributed by atoms with Gasteiger partial charge in [-0.15, -0.1) is 0 Å². The first-order valence-corrected chi connectivity index (χ1v) is 5.14. The van der Waals surface area contributed by atoms with Crippen molar-refractivity contribution in [1.29, 1.82) is 0 Å². The zero-order valence-electron chi connectivity index (χ0n) is 8.75. The maximum atomic E-state index is 5.14. The molecule has 2 heterocycles. The number of pyridine rings is 2. The van der Waals surface area contributed by atoms with E-state index in [1.54, 1.807) is 19.5 Å². The Morgan fingerprint density at radius 3 is 2.69 bits per heavy atom. The molecule has 0 aliphatic rings. The summed E-state index contributed by atoms with van der Waals surface area (Å²) < 4.78 is 10.2. The van der Waals surface area contributed by atoms with Crippen molar-refractivity contribution >= 4 is 16.6 Å². The average molecular weight is 228 g/mol. The highest BCUT2D eigenvalue weighted by Gasteiger charge is 2.06. The Morgan fingerprint density at radius 1 is 1.19 bits per heavy atom. The van der Waals surface area contributed by atoms with E-state index in [0.29, 0.717) is 17.2 Å². The van der Waals surface area contributed by atoms with Gasteiger partial charge in [-0.05, 0) is 24.3 Å². The van der Waals surface area contributed by atoms with Crippen LogP contribution in [0.1, 0.15) is 0 Å². The number of nitrogens with zero attached hydrogens (tertiary/aromatic N) is 2. The summed E-state index contributed by atoms with van der Waals surface area (Å²) in [4.78, 5) is 8.49. The zero-order valence-corrected chi connectivity index (χ0v) is 9.91. The lowest BCUT2D eigenvalue weighted by Gasteiger charge is -2.08. The van der Waals surface area contributed by atoms with E-state index < -0.39 is 0 Å². The summed E-state index contributed by atoms with van der Waals surface area (Å²) in [6.45, 7) is 0. The summed E-state index contributed by atoms with van der Waals surface area (Å²) in [5, 5.41) is 0. The predicted octanol–water partition coefficient (Wildman–Crippen LogP) is 1.61. The van der Waals surface area contributed by atoms with Crippen molar-refractivity contribution in [2.45, 2.75) is 0 Å². The molecule has 2 aromatic rings. The third-order valence-corrected chi connectivity index (χ3v) is 2.37. The molecule has 4 nitrogen and oxygen atoms in total. The van der Waals surface area contributed by atoms with Gasteiger partial charge in [-0.1, -0.05) is 0 Å². The maximum Gasteiger partial charge on any atom is 0.482 e. The van der Waals surface area contributed by atoms with Crippen LogP contribution in [-0.2, 0) is 0 Å². The molecule has 2 rings (SSSR count). The van der Waals surface area contributed by atoms with Gasteiger partial charge < -0.3 is 8.53 Å². The molecule has 0 saturated heterocycles. The predicted molar refractivity (Wildman–Crippen MR) is 60.4 cm³/mol. The van der Waals surface area contributed by atoms with Crippen molar-refractivity contribution < 1.29 is 8.53 Å². The van der Waals surface area contributed by atoms with Crippen LogP contribution in [0.5, 0.6) is 11.5 Å². The molecule has 0 N–H and O–H groups in total. The number of hydrogen-bond acceptors (Lipinski definition) is 4. The highest BCUT2D eigenvalue weighted by molar-refractivity contribution is 6.00. The molecule has 0 bridgehead atoms. The van der Waals surface area contributed by atoms with Crippen molar-refractivity contribution in [1.82, 2.24) is 9.97 Å². The molecular formula is C11H9AlN2O2. The van der Waals surface area contributed by atoms with Gasteiger partial charge in [0.1, 0.15) is 17.2 Å². The fourth-order valence-electron chi connectivity index (χ4n) is 1.32. The minimum absolute atomic E-state index is 0.671. The number of aromatic nitrogens is 2. The molecule has 5 heteroatoms. The van der Waals surface area contributed by atoms with Crippen LogP contribution in [0, 0.1) is 0 Å². The van der Waals surface area contributed by atoms with Crippen LogP contribution in [0.3, 0.4) is 0 Å². The smallest absolute Gasteiger partial charge is 0.482 e. The summed E-state index contributed by atoms with van der Waals surface area (Å²) in [6, 6.07) is 7.33. The second kappa shape index (κ2) is 4.97. The highest BCUT2D eigenvalue weighted by Crippen LogP contribution is 2.25. The standard InChI is InChI=1S/C11H10N2O2.Al/c1-15-8-4-5-9(13-7-8)11-10(14)3-2-6-12-11;/h2-7,14H,1H3;/q;+1/p-1. The first-order chi connectivity index (χ1) is 7.85. The van der Waals surface area contributed by atoms with Gasteiger partial charge >= 0.3 is 16.6 Å². The maximum absolute atomic E-state index is 5.14. The van der Waals surface area contributed by atoms with Gasteiger partial charge in [0, 0.05) is 6.20 Å². The molecule has 0 unspecified atom stereocenters. The number of rotatable bonds is 3. The van der Waals surface area contributed by atoms with Crippen LogP contribution in [0.15, 0.2) is 36.7 Å². The topological polar surface area (TPSA) is 44.2 Å². The Bertz CT molecular complexity index is 474. The molecule has 0 spiro atoms. The lowest BCUT2D eigenvalue weighted by molar-refractivity contribution is 0.413. The SMILES string of the molecule is COc1ccc(-c2ncccc2[O][Al])nc1. The van der Waals surface area contributed by atoms with Crippen molar-refractivity contribution in [3.8, 4) is 22.9 Å². The number of ether oxygens (including phenoxy) is 1. The monoisotopic (exact) mass is 228 g/mol. The molecule has 0 fully saturated rings. The van der Waals surface area contributed by atoms with Gasteiger partial charge in [0.05, 0.1) is 19.0 Å². The zero-order chi connectivity index (χ0) is 11.4. The van der Waals surface area contributed by atoms with Crippen LogP contribution in [0.2, 0.25) is 0 Å². The lowest BCUT2D eigenvalue weighted by atomic mass is 10.2. The molecule has 0 atom stereocenters. The van der Waals surface area contributed by atoms with Gasteiger partial charge in [0.25, 0.3) is 0 Å². The summed E-state index contributed by atoms with van der Waals surface area (Å²) >= 11 is 2.20. The molecule has 0 saturated carbocycles. The molecule has 2 radical (unpaired) electrons. The van der Waals surface area contributed by atoms with E-state index in [2.05, 4.69) is 26.6 Å². The van der Waals surface area contributed by atoms with E-state index in [1.807, 2.05) is 24.3 Å². The van der Waals surface area contributed by atoms with Gasteiger partial charge in [0.15, 0.2) is 0 Å². The minimum Gasteiger partial charge on any atom is -0.652 e. The Balaban J connectivity index is 2.42. The van der Waals surface area contributed by atoms with Gasteiger partial charge in [-0.3, -0.25) is 9.97 Å². The Kier molecular flexibility index (Phi) is 3.40. The fraction of sp³-hybridized carbons (Fsp3) is 0.0909. The molecule has 0 aliphatic carbocycles. The highest BCUT2D eigenvalue weighted by atomic mass is 27.1. The van der Waals surface area contributed by atoms with Crippen LogP contribution >= 0.6 is 0 Å². The van der Waals surface area contributed by atoms with E-state index in [-0.39, 0.29) is 0 Å². The second-order valence-corrected chi connectivity index (χ2v) is 3.29. The van der Waals surface area contributed by atoms with E-state index >= 15 is 0 Å². The molecule has 16 heavy (non-hydrogen) atoms. The van der Waals surface area contributed by atoms with E-state index in [1.165, 1.54) is 0 Å². The van der Waals surface area contributed by atoms with Crippen LogP contribution < -0.4 is 8.53 Å². The molecule has 0 aromatic carbocycles. The van der Waals surface area contributed by atoms with Gasteiger partial charge in [-0.25, -0.2) is 0 Å². The van der Waals surface area contributed by atoms with Crippen LogP contribution in [-0.4, -0.2) is 33.7 Å². The average Bonchev–Trinajstić information content (AvgIpc) is 2.39. The van der Waals surface area contributed by atoms with Crippen molar-refractivity contribution in [3.63, 3.8) is 0 Å². The molecule has 0 aliphatic heterocycles. The van der Waals surface area contributed by atoms with E-state index in [9.17, 15) is 0 Å². The number of methoxy groups -OCH3 is 1. The fourth-order valence-corrected chi connectivity index (χ4v) is 1.51. The van der Waals surface area contributed by atoms with Gasteiger partial charge in [0.2, 0.25) is 0 Å². The van der Waals surface area contributed by atoms with E-state index in [4.69, 9.17) is 8.53 Å². The minimum atomic E-state index is 0.671. The third-order valence-electron chi connectivity index (χ3n) is 2.11. The normalized spacial score (nSPS) is 9.81. The second-order valence-electron chi connectivity index (χ2n) is 3.05. The molecule has 2 aromatic heterocycles. The van der Waals surface area contributed by atoms with Crippen LogP contribution in [0.4, 0.5) is 0 Å². The van der Waals surface area contributed by atoms with E-state index in [0.717, 1.165) is 5.69 Å². The molecule has 0 amide bonds. The Labute approximate surface area is 102 Å². The summed E-state index contributed by atoms with van der Waals surface area (Å²) in [5.41, 5.74) is 1.46. The number of hydrogen-bond donors (Lipinski definition) is 0. The van der Waals surface area contributed by atoms with Crippen molar-refractivity contribution in [3.05, 3.63) is 36.7 Å². The summed E-state index contributed by atoms with van der Waals surface area (Å²) in [7, 11) is 1.61. The molecule has 78 valence electrons. The first kappa shape index (κ1) is 10.9. The Hall–Kier alpha value is -1.57. The van der Waals surface area contributed by atoms with Crippen molar-refractivity contribution in [2.75, 3.05) is 7.11 Å². The third kappa shape index (κ3) is 2.16. The van der Waals surface area contributed by atoms with Gasteiger partial charge in [-0.2, -0.15) is 0 Å². The largest absolute Gasteiger partial charge is 0.652 e. The van der Waals surface area contributed by atoms with Crippen molar-refractivity contribution in [2.24, 2.45) is 0 Å². The molecular weight excluding hydrogens is 219 g/mol. The summed E-state index contributed by atoms with van der Waals surface area (Å²) in [6.07, 6.45) is 3.35. The first-order valence-electron chi connectivity index (χ1n) is 4.67. The lowest BCUT2D eigenvalue weighted by Crippen LogP contribution is -1.94. The Morgan fingerprint density at radius 2 is 2.06 bits per heavy atom. The van der Waals surface area contributed by atoms with Crippen LogP contribution in [0.25, 0.3) is 11.4 Å². The summed E-state index contributed by atoms with van der Waals surface area (Å²) in [5.74, 6) is 1.39. The quantitative estimate of drug-likeness (QED) is 0.749.